The lowest BCUT2D eigenvalue weighted by Gasteiger charge is -2.17. The Morgan fingerprint density at radius 3 is 2.04 bits per heavy atom. The van der Waals surface area contributed by atoms with Crippen LogP contribution in [0, 0.1) is 0 Å². The minimum absolute atomic E-state index is 0. The maximum absolute atomic E-state index is 5.43. The highest BCUT2D eigenvalue weighted by atomic mass is 35.5. The Morgan fingerprint density at radius 2 is 1.50 bits per heavy atom. The average Bonchev–Trinajstić information content (AvgIpc) is 2.76. The molecule has 0 aromatic heterocycles. The summed E-state index contributed by atoms with van der Waals surface area (Å²) in [4.78, 5) is 3.35. The van der Waals surface area contributed by atoms with Gasteiger partial charge in [-0.25, -0.2) is 0 Å². The molecule has 0 spiro atoms. The van der Waals surface area contributed by atoms with Crippen molar-refractivity contribution in [2.75, 3.05) is 61.1 Å². The van der Waals surface area contributed by atoms with Gasteiger partial charge in [0.2, 0.25) is 5.75 Å². The number of benzene rings is 1. The van der Waals surface area contributed by atoms with Gasteiger partial charge in [0.05, 0.1) is 48.0 Å². The Balaban J connectivity index is 0.00000264. The molecule has 1 aliphatic rings. The summed E-state index contributed by atoms with van der Waals surface area (Å²) in [7, 11) is 7.27. The number of rotatable bonds is 6. The van der Waals surface area contributed by atoms with E-state index in [-0.39, 0.29) is 24.8 Å². The van der Waals surface area contributed by atoms with Crippen LogP contribution in [-0.2, 0) is 6.42 Å². The van der Waals surface area contributed by atoms with Crippen molar-refractivity contribution in [2.24, 2.45) is 0 Å². The Labute approximate surface area is 158 Å². The molecule has 1 aromatic carbocycles. The zero-order valence-corrected chi connectivity index (χ0v) is 16.6. The van der Waals surface area contributed by atoms with Crippen molar-refractivity contribution in [1.29, 1.82) is 0 Å². The molecule has 2 rings (SSSR count). The fourth-order valence-corrected chi connectivity index (χ4v) is 3.13. The molecule has 1 fully saturated rings. The standard InChI is InChI=1S/C17H28N2O3.2ClH/c1-18-7-5-8-19(11-10-18)9-6-14-12-15(20-2)17(22-4)16(13-14)21-3;;/h12-13H,5-11H2,1-4H3;2*1H. The molecule has 0 amide bonds. The summed E-state index contributed by atoms with van der Waals surface area (Å²) in [6.07, 6.45) is 2.35. The van der Waals surface area contributed by atoms with Gasteiger partial charge in [0, 0.05) is 12.8 Å². The quantitative estimate of drug-likeness (QED) is 0.515. The molecule has 2 atom stereocenters. The largest absolute Gasteiger partial charge is 1.00 e. The van der Waals surface area contributed by atoms with E-state index >= 15 is 0 Å². The van der Waals surface area contributed by atoms with Crippen molar-refractivity contribution in [2.45, 2.75) is 12.8 Å². The highest BCUT2D eigenvalue weighted by molar-refractivity contribution is 5.53. The molecule has 5 nitrogen and oxygen atoms in total. The maximum Gasteiger partial charge on any atom is 0.203 e. The van der Waals surface area contributed by atoms with Gasteiger partial charge in [0.25, 0.3) is 0 Å². The van der Waals surface area contributed by atoms with Crippen molar-refractivity contribution >= 4 is 0 Å². The van der Waals surface area contributed by atoms with E-state index < -0.39 is 0 Å². The average molecular weight is 381 g/mol. The number of ether oxygens (including phenoxy) is 3. The van der Waals surface area contributed by atoms with Crippen molar-refractivity contribution in [1.82, 2.24) is 0 Å². The van der Waals surface area contributed by atoms with Gasteiger partial charge in [-0.05, 0) is 17.7 Å². The lowest BCUT2D eigenvalue weighted by atomic mass is 10.1. The van der Waals surface area contributed by atoms with E-state index in [1.807, 2.05) is 0 Å². The van der Waals surface area contributed by atoms with Crippen molar-refractivity contribution < 1.29 is 48.8 Å². The molecular formula is C17H30Cl2N2O3. The zero-order chi connectivity index (χ0) is 15.9. The fraction of sp³-hybridized carbons (Fsp3) is 0.647. The number of halogens is 2. The zero-order valence-electron chi connectivity index (χ0n) is 15.1. The molecule has 140 valence electrons. The highest BCUT2D eigenvalue weighted by Crippen LogP contribution is 2.38. The van der Waals surface area contributed by atoms with Gasteiger partial charge >= 0.3 is 0 Å². The summed E-state index contributed by atoms with van der Waals surface area (Å²) >= 11 is 0. The third kappa shape index (κ3) is 6.20. The Hall–Kier alpha value is -0.880. The van der Waals surface area contributed by atoms with E-state index in [9.17, 15) is 0 Å². The molecule has 7 heteroatoms. The van der Waals surface area contributed by atoms with Crippen LogP contribution >= 0.6 is 0 Å². The van der Waals surface area contributed by atoms with Crippen LogP contribution in [-0.4, -0.2) is 61.1 Å². The lowest BCUT2D eigenvalue weighted by molar-refractivity contribution is -0.929. The monoisotopic (exact) mass is 380 g/mol. The molecule has 0 radical (unpaired) electrons. The van der Waals surface area contributed by atoms with Crippen molar-refractivity contribution in [3.63, 3.8) is 0 Å². The summed E-state index contributed by atoms with van der Waals surface area (Å²) in [5, 5.41) is 0. The highest BCUT2D eigenvalue weighted by Gasteiger charge is 2.18. The minimum atomic E-state index is 0. The number of hydrogen-bond acceptors (Lipinski definition) is 3. The van der Waals surface area contributed by atoms with Crippen molar-refractivity contribution in [3.8, 4) is 17.2 Å². The van der Waals surface area contributed by atoms with E-state index in [4.69, 9.17) is 14.2 Å². The molecule has 2 N–H and O–H groups in total. The predicted octanol–water partition coefficient (Wildman–Crippen LogP) is -6.93. The van der Waals surface area contributed by atoms with Gasteiger partial charge in [-0.1, -0.05) is 0 Å². The SMILES string of the molecule is COc1cc(CC[NH+]2CCC[NH+](C)CC2)cc(OC)c1OC.[Cl-].[Cl-]. The third-order valence-electron chi connectivity index (χ3n) is 4.53. The third-order valence-corrected chi connectivity index (χ3v) is 4.53. The first-order valence-electron chi connectivity index (χ1n) is 8.11. The van der Waals surface area contributed by atoms with Gasteiger partial charge in [-0.3, -0.25) is 0 Å². The number of nitrogens with one attached hydrogen (secondary N) is 2. The Bertz CT molecular complexity index is 464. The number of hydrogen-bond donors (Lipinski definition) is 2. The normalized spacial score (nSPS) is 20.2. The molecule has 1 heterocycles. The molecule has 2 unspecified atom stereocenters. The first kappa shape index (κ1) is 23.1. The number of methoxy groups -OCH3 is 3. The molecule has 1 aliphatic heterocycles. The maximum atomic E-state index is 5.43. The Kier molecular flexibility index (Phi) is 11.2. The second-order valence-corrected chi connectivity index (χ2v) is 6.09. The van der Waals surface area contributed by atoms with Crippen LogP contribution in [0.4, 0.5) is 0 Å². The van der Waals surface area contributed by atoms with Gasteiger partial charge in [-0.15, -0.1) is 0 Å². The smallest absolute Gasteiger partial charge is 0.203 e. The van der Waals surface area contributed by atoms with Crippen LogP contribution in [0.2, 0.25) is 0 Å². The van der Waals surface area contributed by atoms with Crippen LogP contribution in [0.1, 0.15) is 12.0 Å². The van der Waals surface area contributed by atoms with Gasteiger partial charge in [0.1, 0.15) is 13.1 Å². The number of quaternary nitrogens is 2. The second-order valence-electron chi connectivity index (χ2n) is 6.09. The first-order valence-corrected chi connectivity index (χ1v) is 8.11. The minimum Gasteiger partial charge on any atom is -1.00 e. The van der Waals surface area contributed by atoms with E-state index in [0.29, 0.717) is 5.75 Å². The fourth-order valence-electron chi connectivity index (χ4n) is 3.13. The molecule has 0 saturated carbocycles. The second kappa shape index (κ2) is 11.6. The number of likely N-dealkylation sites (N-methyl/N-ethyl adjacent to an activating group) is 1. The van der Waals surface area contributed by atoms with Crippen LogP contribution in [0.25, 0.3) is 0 Å². The van der Waals surface area contributed by atoms with Crippen LogP contribution in [0.5, 0.6) is 17.2 Å². The van der Waals surface area contributed by atoms with E-state index in [2.05, 4.69) is 19.2 Å². The topological polar surface area (TPSA) is 36.6 Å². The summed E-state index contributed by atoms with van der Waals surface area (Å²) in [6, 6.07) is 4.13. The molecule has 24 heavy (non-hydrogen) atoms. The molecular weight excluding hydrogens is 351 g/mol. The summed E-state index contributed by atoms with van der Waals surface area (Å²) in [6.45, 7) is 6.27. The van der Waals surface area contributed by atoms with E-state index in [1.54, 1.807) is 31.1 Å². The summed E-state index contributed by atoms with van der Waals surface area (Å²) < 4.78 is 16.2. The van der Waals surface area contributed by atoms with E-state index in [0.717, 1.165) is 24.5 Å². The molecule has 1 aromatic rings. The van der Waals surface area contributed by atoms with Crippen LogP contribution in [0.15, 0.2) is 12.1 Å². The van der Waals surface area contributed by atoms with Gasteiger partial charge in [-0.2, -0.15) is 0 Å². The first-order chi connectivity index (χ1) is 10.7. The lowest BCUT2D eigenvalue weighted by Crippen LogP contribution is -3.16. The molecule has 0 bridgehead atoms. The summed E-state index contributed by atoms with van der Waals surface area (Å²) in [5.74, 6) is 2.15. The predicted molar refractivity (Wildman–Crippen MR) is 86.6 cm³/mol. The Morgan fingerprint density at radius 1 is 0.875 bits per heavy atom. The van der Waals surface area contributed by atoms with Crippen LogP contribution in [0.3, 0.4) is 0 Å². The van der Waals surface area contributed by atoms with Gasteiger partial charge < -0.3 is 48.8 Å². The van der Waals surface area contributed by atoms with Crippen molar-refractivity contribution in [3.05, 3.63) is 17.7 Å². The summed E-state index contributed by atoms with van der Waals surface area (Å²) in [5.41, 5.74) is 1.24. The molecule has 0 aliphatic carbocycles. The molecule has 1 saturated heterocycles. The van der Waals surface area contributed by atoms with E-state index in [1.165, 1.54) is 38.2 Å². The van der Waals surface area contributed by atoms with Gasteiger partial charge in [0.15, 0.2) is 11.5 Å². The van der Waals surface area contributed by atoms with Crippen LogP contribution < -0.4 is 48.8 Å².